The van der Waals surface area contributed by atoms with Crippen LogP contribution in [-0.2, 0) is 10.0 Å². The second kappa shape index (κ2) is 5.02. The van der Waals surface area contributed by atoms with Crippen LogP contribution in [0.1, 0.15) is 0 Å². The van der Waals surface area contributed by atoms with Crippen LogP contribution in [-0.4, -0.2) is 13.4 Å². The molecule has 100 valence electrons. The number of nitrogens with one attached hydrogen (secondary N) is 1. The van der Waals surface area contributed by atoms with Gasteiger partial charge in [0.2, 0.25) is 0 Å². The van der Waals surface area contributed by atoms with E-state index in [1.807, 2.05) is 0 Å². The van der Waals surface area contributed by atoms with Gasteiger partial charge in [0.25, 0.3) is 10.0 Å². The molecule has 1 aromatic carbocycles. The molecule has 0 aliphatic heterocycles. The van der Waals surface area contributed by atoms with Gasteiger partial charge in [-0.25, -0.2) is 17.8 Å². The van der Waals surface area contributed by atoms with E-state index >= 15 is 0 Å². The summed E-state index contributed by atoms with van der Waals surface area (Å²) in [4.78, 5) is 3.57. The van der Waals surface area contributed by atoms with Crippen LogP contribution in [0.4, 0.5) is 15.9 Å². The van der Waals surface area contributed by atoms with E-state index in [9.17, 15) is 12.8 Å². The van der Waals surface area contributed by atoms with Gasteiger partial charge in [0, 0.05) is 17.3 Å². The van der Waals surface area contributed by atoms with E-state index in [4.69, 9.17) is 17.3 Å². The van der Waals surface area contributed by atoms with Crippen molar-refractivity contribution in [1.82, 2.24) is 4.98 Å². The minimum absolute atomic E-state index is 0.0504. The SMILES string of the molecule is Nc1cc(S(=O)(=O)Nc2cc(Cl)ccc2F)ccn1. The number of anilines is 2. The summed E-state index contributed by atoms with van der Waals surface area (Å²) in [5.41, 5.74) is 5.17. The number of aromatic nitrogens is 1. The monoisotopic (exact) mass is 301 g/mol. The van der Waals surface area contributed by atoms with E-state index in [1.54, 1.807) is 0 Å². The fourth-order valence-corrected chi connectivity index (χ4v) is 2.63. The lowest BCUT2D eigenvalue weighted by Gasteiger charge is -2.09. The van der Waals surface area contributed by atoms with Crippen molar-refractivity contribution in [2.75, 3.05) is 10.5 Å². The zero-order valence-corrected chi connectivity index (χ0v) is 11.0. The van der Waals surface area contributed by atoms with Crippen molar-refractivity contribution in [1.29, 1.82) is 0 Å². The molecule has 0 aliphatic carbocycles. The van der Waals surface area contributed by atoms with Crippen molar-refractivity contribution in [3.05, 3.63) is 47.4 Å². The molecule has 8 heteroatoms. The van der Waals surface area contributed by atoms with Crippen LogP contribution in [0.5, 0.6) is 0 Å². The molecule has 0 amide bonds. The van der Waals surface area contributed by atoms with E-state index in [2.05, 4.69) is 9.71 Å². The molecular weight excluding hydrogens is 293 g/mol. The quantitative estimate of drug-likeness (QED) is 0.910. The average Bonchev–Trinajstić information content (AvgIpc) is 2.33. The molecule has 0 spiro atoms. The van der Waals surface area contributed by atoms with Crippen molar-refractivity contribution >= 4 is 33.1 Å². The minimum Gasteiger partial charge on any atom is -0.384 e. The van der Waals surface area contributed by atoms with E-state index < -0.39 is 15.8 Å². The number of hydrogen-bond donors (Lipinski definition) is 2. The molecule has 0 atom stereocenters. The molecule has 0 aliphatic rings. The molecule has 0 radical (unpaired) electrons. The minimum atomic E-state index is -3.94. The number of hydrogen-bond acceptors (Lipinski definition) is 4. The van der Waals surface area contributed by atoms with Crippen LogP contribution < -0.4 is 10.5 Å². The molecule has 2 rings (SSSR count). The first-order valence-electron chi connectivity index (χ1n) is 5.08. The Balaban J connectivity index is 2.39. The predicted molar refractivity (Wildman–Crippen MR) is 70.9 cm³/mol. The smallest absolute Gasteiger partial charge is 0.262 e. The number of nitrogen functional groups attached to an aromatic ring is 1. The number of rotatable bonds is 3. The van der Waals surface area contributed by atoms with E-state index in [0.717, 1.165) is 6.07 Å². The summed E-state index contributed by atoms with van der Waals surface area (Å²) in [5.74, 6) is -0.676. The van der Waals surface area contributed by atoms with Crippen LogP contribution in [0.25, 0.3) is 0 Å². The van der Waals surface area contributed by atoms with Gasteiger partial charge >= 0.3 is 0 Å². The second-order valence-electron chi connectivity index (χ2n) is 3.65. The molecule has 1 heterocycles. The molecule has 3 N–H and O–H groups in total. The molecule has 2 aromatic rings. The first kappa shape index (κ1) is 13.6. The van der Waals surface area contributed by atoms with Gasteiger partial charge in [-0.05, 0) is 24.3 Å². The molecule has 0 bridgehead atoms. The molecule has 0 fully saturated rings. The standard InChI is InChI=1S/C11H9ClFN3O2S/c12-7-1-2-9(13)10(5-7)16-19(17,18)8-3-4-15-11(14)6-8/h1-6,16H,(H2,14,15). The maximum absolute atomic E-state index is 13.5. The summed E-state index contributed by atoms with van der Waals surface area (Å²) in [6, 6.07) is 5.99. The van der Waals surface area contributed by atoms with Gasteiger partial charge in [-0.3, -0.25) is 4.72 Å². The summed E-state index contributed by atoms with van der Waals surface area (Å²) in [6.07, 6.45) is 1.25. The topological polar surface area (TPSA) is 85.1 Å². The summed E-state index contributed by atoms with van der Waals surface area (Å²) in [7, 11) is -3.94. The first-order chi connectivity index (χ1) is 8.88. The maximum atomic E-state index is 13.5. The third-order valence-electron chi connectivity index (χ3n) is 2.24. The third-order valence-corrected chi connectivity index (χ3v) is 3.83. The highest BCUT2D eigenvalue weighted by Crippen LogP contribution is 2.23. The van der Waals surface area contributed by atoms with E-state index in [-0.39, 0.29) is 21.4 Å². The molecule has 0 saturated carbocycles. The molecule has 0 unspecified atom stereocenters. The molecule has 19 heavy (non-hydrogen) atoms. The molecular formula is C11H9ClFN3O2S. The van der Waals surface area contributed by atoms with E-state index in [0.29, 0.717) is 0 Å². The summed E-state index contributed by atoms with van der Waals surface area (Å²) in [5, 5.41) is 0.216. The van der Waals surface area contributed by atoms with Crippen LogP contribution in [0.3, 0.4) is 0 Å². The fraction of sp³-hybridized carbons (Fsp3) is 0. The molecule has 5 nitrogen and oxygen atoms in total. The predicted octanol–water partition coefficient (Wildman–Crippen LogP) is 2.26. The zero-order chi connectivity index (χ0) is 14.0. The highest BCUT2D eigenvalue weighted by Gasteiger charge is 2.17. The van der Waals surface area contributed by atoms with Crippen LogP contribution in [0.15, 0.2) is 41.4 Å². The Labute approximate surface area is 114 Å². The highest BCUT2D eigenvalue weighted by molar-refractivity contribution is 7.92. The van der Waals surface area contributed by atoms with Gasteiger partial charge < -0.3 is 5.73 Å². The zero-order valence-electron chi connectivity index (χ0n) is 9.47. The number of pyridine rings is 1. The first-order valence-corrected chi connectivity index (χ1v) is 6.94. The van der Waals surface area contributed by atoms with E-state index in [1.165, 1.54) is 30.5 Å². The Kier molecular flexibility index (Phi) is 3.59. The Morgan fingerprint density at radius 2 is 2.00 bits per heavy atom. The van der Waals surface area contributed by atoms with Gasteiger partial charge in [-0.1, -0.05) is 11.6 Å². The Morgan fingerprint density at radius 3 is 2.68 bits per heavy atom. The Hall–Kier alpha value is -1.86. The van der Waals surface area contributed by atoms with Crippen molar-refractivity contribution in [3.63, 3.8) is 0 Å². The van der Waals surface area contributed by atoms with Gasteiger partial charge in [0.15, 0.2) is 0 Å². The molecule has 0 saturated heterocycles. The highest BCUT2D eigenvalue weighted by atomic mass is 35.5. The van der Waals surface area contributed by atoms with Crippen molar-refractivity contribution < 1.29 is 12.8 Å². The van der Waals surface area contributed by atoms with Gasteiger partial charge in [0.1, 0.15) is 11.6 Å². The van der Waals surface area contributed by atoms with Crippen molar-refractivity contribution in [3.8, 4) is 0 Å². The maximum Gasteiger partial charge on any atom is 0.262 e. The normalized spacial score (nSPS) is 11.3. The Bertz CT molecular complexity index is 722. The van der Waals surface area contributed by atoms with Gasteiger partial charge in [-0.2, -0.15) is 0 Å². The average molecular weight is 302 g/mol. The Morgan fingerprint density at radius 1 is 1.26 bits per heavy atom. The van der Waals surface area contributed by atoms with Gasteiger partial charge in [-0.15, -0.1) is 0 Å². The third kappa shape index (κ3) is 3.12. The number of nitrogens with two attached hydrogens (primary N) is 1. The summed E-state index contributed by atoms with van der Waals surface area (Å²) < 4.78 is 39.6. The van der Waals surface area contributed by atoms with Crippen LogP contribution in [0.2, 0.25) is 5.02 Å². The van der Waals surface area contributed by atoms with Crippen LogP contribution in [0, 0.1) is 5.82 Å². The summed E-state index contributed by atoms with van der Waals surface area (Å²) in [6.45, 7) is 0. The lowest BCUT2D eigenvalue weighted by atomic mass is 10.3. The van der Waals surface area contributed by atoms with Crippen LogP contribution >= 0.6 is 11.6 Å². The largest absolute Gasteiger partial charge is 0.384 e. The van der Waals surface area contributed by atoms with Crippen molar-refractivity contribution in [2.24, 2.45) is 0 Å². The molecule has 1 aromatic heterocycles. The number of nitrogens with zero attached hydrogens (tertiary/aromatic N) is 1. The summed E-state index contributed by atoms with van der Waals surface area (Å²) >= 11 is 5.69. The number of benzene rings is 1. The number of halogens is 2. The fourth-order valence-electron chi connectivity index (χ4n) is 1.37. The van der Waals surface area contributed by atoms with Gasteiger partial charge in [0.05, 0.1) is 10.6 Å². The lowest BCUT2D eigenvalue weighted by Crippen LogP contribution is -2.14. The lowest BCUT2D eigenvalue weighted by molar-refractivity contribution is 0.598. The second-order valence-corrected chi connectivity index (χ2v) is 5.76. The van der Waals surface area contributed by atoms with Crippen molar-refractivity contribution in [2.45, 2.75) is 4.90 Å². The number of sulfonamides is 1.